The van der Waals surface area contributed by atoms with Crippen LogP contribution in [0.3, 0.4) is 0 Å². The molecule has 1 heterocycles. The molecule has 0 aromatic carbocycles. The Balaban J connectivity index is 1.97. The summed E-state index contributed by atoms with van der Waals surface area (Å²) in [6.45, 7) is 8.09. The summed E-state index contributed by atoms with van der Waals surface area (Å²) in [7, 11) is 0. The summed E-state index contributed by atoms with van der Waals surface area (Å²) in [5.41, 5.74) is 0. The Hall–Kier alpha value is -1.78. The Labute approximate surface area is 354 Å². The molecule has 0 saturated carbocycles. The molecule has 0 aliphatic heterocycles. The molecule has 1 rings (SSSR count). The number of unbranched alkanes of at least 4 members (excludes halogenated alkanes) is 38. The smallest absolute Gasteiger partial charge is 0.311 e. The minimum absolute atomic E-state index is 0.266. The highest BCUT2D eigenvalue weighted by atomic mass is 16.6. The summed E-state index contributed by atoms with van der Waals surface area (Å²) in [6.07, 6.45) is 54.1. The maximum atomic E-state index is 12.7. The van der Waals surface area contributed by atoms with E-state index in [1.165, 1.54) is 218 Å². The monoisotopic (exact) mass is 801 g/mol. The van der Waals surface area contributed by atoms with Crippen molar-refractivity contribution in [2.24, 2.45) is 0 Å². The summed E-state index contributed by atoms with van der Waals surface area (Å²) >= 11 is 0. The van der Waals surface area contributed by atoms with Crippen LogP contribution in [0.1, 0.15) is 295 Å². The number of carbonyl (C=O) groups excluding carboxylic acids is 2. The molecule has 0 N–H and O–H groups in total. The molecule has 0 unspecified atom stereocenters. The van der Waals surface area contributed by atoms with Crippen LogP contribution in [0.15, 0.2) is 4.42 Å². The van der Waals surface area contributed by atoms with E-state index < -0.39 is 0 Å². The summed E-state index contributed by atoms with van der Waals surface area (Å²) in [5.74, 6) is 0.919. The van der Waals surface area contributed by atoms with Crippen molar-refractivity contribution in [3.8, 4) is 11.5 Å². The number of ether oxygens (including phenoxy) is 2. The number of furan rings is 1. The van der Waals surface area contributed by atoms with Gasteiger partial charge in [0.25, 0.3) is 0 Å². The third-order valence-corrected chi connectivity index (χ3v) is 12.1. The van der Waals surface area contributed by atoms with Crippen molar-refractivity contribution < 1.29 is 23.5 Å². The zero-order chi connectivity index (χ0) is 41.3. The van der Waals surface area contributed by atoms with Crippen molar-refractivity contribution in [3.63, 3.8) is 0 Å². The van der Waals surface area contributed by atoms with E-state index >= 15 is 0 Å². The number of carbonyl (C=O) groups is 2. The van der Waals surface area contributed by atoms with Gasteiger partial charge in [-0.3, -0.25) is 9.59 Å². The highest BCUT2D eigenvalue weighted by Crippen LogP contribution is 2.38. The van der Waals surface area contributed by atoms with E-state index in [9.17, 15) is 9.59 Å². The Kier molecular flexibility index (Phi) is 38.3. The number of aryl methyl sites for hydroxylation is 2. The van der Waals surface area contributed by atoms with Crippen molar-refractivity contribution in [2.75, 3.05) is 0 Å². The molecule has 0 atom stereocenters. The average Bonchev–Trinajstić information content (AvgIpc) is 3.46. The van der Waals surface area contributed by atoms with E-state index in [1.807, 2.05) is 0 Å². The third kappa shape index (κ3) is 33.7. The summed E-state index contributed by atoms with van der Waals surface area (Å²) in [6, 6.07) is 0. The van der Waals surface area contributed by atoms with Gasteiger partial charge in [0, 0.05) is 12.8 Å². The predicted molar refractivity (Wildman–Crippen MR) is 245 cm³/mol. The lowest BCUT2D eigenvalue weighted by Gasteiger charge is -2.08. The van der Waals surface area contributed by atoms with Gasteiger partial charge in [0.1, 0.15) is 11.5 Å². The van der Waals surface area contributed by atoms with Gasteiger partial charge in [-0.1, -0.05) is 258 Å². The second kappa shape index (κ2) is 41.0. The van der Waals surface area contributed by atoms with Gasteiger partial charge in [0.15, 0.2) is 0 Å². The number of hydrogen-bond donors (Lipinski definition) is 0. The van der Waals surface area contributed by atoms with Crippen LogP contribution < -0.4 is 9.47 Å². The zero-order valence-corrected chi connectivity index (χ0v) is 38.7. The van der Waals surface area contributed by atoms with E-state index in [2.05, 4.69) is 13.8 Å². The molecular weight excluding hydrogens is 705 g/mol. The fraction of sp³-hybridized carbons (Fsp3) is 0.885. The molecule has 334 valence electrons. The molecule has 0 aliphatic carbocycles. The molecular formula is C52H96O5. The van der Waals surface area contributed by atoms with Gasteiger partial charge in [-0.05, 0) is 26.7 Å². The first-order valence-corrected chi connectivity index (χ1v) is 25.5. The van der Waals surface area contributed by atoms with Gasteiger partial charge < -0.3 is 13.9 Å². The normalized spacial score (nSPS) is 11.4. The topological polar surface area (TPSA) is 65.7 Å². The Morgan fingerprint density at radius 1 is 0.316 bits per heavy atom. The molecule has 0 saturated heterocycles. The van der Waals surface area contributed by atoms with Crippen molar-refractivity contribution in [1.29, 1.82) is 0 Å². The largest absolute Gasteiger partial charge is 0.459 e. The van der Waals surface area contributed by atoms with Crippen LogP contribution >= 0.6 is 0 Å². The molecule has 5 nitrogen and oxygen atoms in total. The lowest BCUT2D eigenvalue weighted by Crippen LogP contribution is -2.12. The number of esters is 2. The van der Waals surface area contributed by atoms with Crippen molar-refractivity contribution in [1.82, 2.24) is 0 Å². The quantitative estimate of drug-likeness (QED) is 0.0486. The van der Waals surface area contributed by atoms with Gasteiger partial charge in [0.05, 0.1) is 0 Å². The van der Waals surface area contributed by atoms with Crippen LogP contribution in [-0.2, 0) is 9.59 Å². The maximum absolute atomic E-state index is 12.7. The Bertz CT molecular complexity index is 949. The Morgan fingerprint density at radius 2 is 0.491 bits per heavy atom. The van der Waals surface area contributed by atoms with Gasteiger partial charge in [-0.25, -0.2) is 0 Å². The van der Waals surface area contributed by atoms with Crippen molar-refractivity contribution in [3.05, 3.63) is 11.5 Å². The molecule has 0 spiro atoms. The van der Waals surface area contributed by atoms with E-state index in [4.69, 9.17) is 13.9 Å². The van der Waals surface area contributed by atoms with Crippen LogP contribution in [0.2, 0.25) is 0 Å². The minimum atomic E-state index is -0.285. The predicted octanol–water partition coefficient (Wildman–Crippen LogP) is 18.1. The van der Waals surface area contributed by atoms with Crippen LogP contribution in [0.4, 0.5) is 0 Å². The lowest BCUT2D eigenvalue weighted by molar-refractivity contribution is -0.137. The second-order valence-corrected chi connectivity index (χ2v) is 17.8. The second-order valence-electron chi connectivity index (χ2n) is 17.8. The van der Waals surface area contributed by atoms with Crippen molar-refractivity contribution >= 4 is 11.9 Å². The van der Waals surface area contributed by atoms with Gasteiger partial charge >= 0.3 is 11.9 Å². The SMILES string of the molecule is CCCCCCCCCCCCCCCCCCCCCCC(=O)Oc1c(C)oc(C)c1OC(=O)CCCCCCCCCCCCCCCCCCCCCC. The highest BCUT2D eigenvalue weighted by Gasteiger charge is 2.23. The molecule has 0 bridgehead atoms. The van der Waals surface area contributed by atoms with Crippen LogP contribution in [0.25, 0.3) is 0 Å². The standard InChI is InChI=1S/C52H96O5/c1-5-7-9-11-13-15-17-19-21-23-25-27-29-31-33-35-37-39-41-43-45-49(53)56-51-47(3)55-48(4)52(51)57-50(54)46-44-42-40-38-36-34-32-30-28-26-24-22-20-18-16-14-12-10-8-6-2/h5-46H2,1-4H3. The first-order chi connectivity index (χ1) is 28.0. The van der Waals surface area contributed by atoms with Gasteiger partial charge in [-0.15, -0.1) is 0 Å². The molecule has 57 heavy (non-hydrogen) atoms. The number of hydrogen-bond acceptors (Lipinski definition) is 5. The van der Waals surface area contributed by atoms with E-state index in [1.54, 1.807) is 13.8 Å². The molecule has 1 aromatic rings. The maximum Gasteiger partial charge on any atom is 0.311 e. The van der Waals surface area contributed by atoms with E-state index in [0.29, 0.717) is 24.4 Å². The minimum Gasteiger partial charge on any atom is -0.459 e. The van der Waals surface area contributed by atoms with Gasteiger partial charge in [-0.2, -0.15) is 0 Å². The fourth-order valence-corrected chi connectivity index (χ4v) is 8.26. The van der Waals surface area contributed by atoms with Crippen LogP contribution in [-0.4, -0.2) is 11.9 Å². The summed E-state index contributed by atoms with van der Waals surface area (Å²) in [5, 5.41) is 0. The van der Waals surface area contributed by atoms with Crippen LogP contribution in [0.5, 0.6) is 11.5 Å². The first kappa shape index (κ1) is 53.2. The van der Waals surface area contributed by atoms with Gasteiger partial charge in [0.2, 0.25) is 11.5 Å². The molecule has 0 aliphatic rings. The number of rotatable bonds is 44. The average molecular weight is 801 g/mol. The fourth-order valence-electron chi connectivity index (χ4n) is 8.26. The van der Waals surface area contributed by atoms with Crippen LogP contribution in [0, 0.1) is 13.8 Å². The Morgan fingerprint density at radius 3 is 0.684 bits per heavy atom. The third-order valence-electron chi connectivity index (χ3n) is 12.1. The molecule has 0 radical (unpaired) electrons. The summed E-state index contributed by atoms with van der Waals surface area (Å²) < 4.78 is 17.0. The molecule has 0 amide bonds. The zero-order valence-electron chi connectivity index (χ0n) is 38.7. The van der Waals surface area contributed by atoms with E-state index in [0.717, 1.165) is 38.5 Å². The summed E-state index contributed by atoms with van der Waals surface area (Å²) in [4.78, 5) is 25.3. The van der Waals surface area contributed by atoms with Crippen molar-refractivity contribution in [2.45, 2.75) is 297 Å². The lowest BCUT2D eigenvalue weighted by atomic mass is 10.0. The highest BCUT2D eigenvalue weighted by molar-refractivity contribution is 5.77. The molecule has 5 heteroatoms. The molecule has 0 fully saturated rings. The first-order valence-electron chi connectivity index (χ1n) is 25.5. The van der Waals surface area contributed by atoms with E-state index in [-0.39, 0.29) is 23.4 Å². The molecule has 1 aromatic heterocycles.